The number of benzene rings is 1. The fourth-order valence-corrected chi connectivity index (χ4v) is 4.52. The molecule has 26 heavy (non-hydrogen) atoms. The minimum atomic E-state index is -4.10. The van der Waals surface area contributed by atoms with Crippen LogP contribution in [0.3, 0.4) is 0 Å². The molecule has 12 heteroatoms. The van der Waals surface area contributed by atoms with Gasteiger partial charge in [0.1, 0.15) is 12.1 Å². The SMILES string of the molecule is CN(C)S(=O)(=O)n1cnc(S(=O)(=O)N(Cc2ccc(F)cc2)C2CC2)n1. The lowest BCUT2D eigenvalue weighted by molar-refractivity contribution is 0.394. The summed E-state index contributed by atoms with van der Waals surface area (Å²) >= 11 is 0. The van der Waals surface area contributed by atoms with Crippen LogP contribution < -0.4 is 0 Å². The molecule has 1 aliphatic rings. The first kappa shape index (κ1) is 18.9. The smallest absolute Gasteiger partial charge is 0.207 e. The normalized spacial score (nSPS) is 15.7. The Bertz CT molecular complexity index is 998. The molecule has 1 fully saturated rings. The van der Waals surface area contributed by atoms with Gasteiger partial charge in [-0.15, -0.1) is 9.19 Å². The van der Waals surface area contributed by atoms with Gasteiger partial charge >= 0.3 is 10.2 Å². The molecule has 1 aliphatic carbocycles. The number of aromatic nitrogens is 3. The van der Waals surface area contributed by atoms with Crippen LogP contribution in [0.25, 0.3) is 0 Å². The van der Waals surface area contributed by atoms with Crippen LogP contribution in [0.15, 0.2) is 35.7 Å². The van der Waals surface area contributed by atoms with Gasteiger partial charge in [0.15, 0.2) is 0 Å². The van der Waals surface area contributed by atoms with Crippen molar-refractivity contribution in [3.8, 4) is 0 Å². The van der Waals surface area contributed by atoms with E-state index in [1.807, 2.05) is 0 Å². The van der Waals surface area contributed by atoms with Gasteiger partial charge in [0, 0.05) is 26.7 Å². The largest absolute Gasteiger partial charge is 0.323 e. The topological polar surface area (TPSA) is 105 Å². The maximum atomic E-state index is 13.1. The molecule has 3 rings (SSSR count). The molecule has 0 aliphatic heterocycles. The number of halogens is 1. The van der Waals surface area contributed by atoms with Crippen molar-refractivity contribution in [2.45, 2.75) is 30.6 Å². The number of nitrogens with zero attached hydrogens (tertiary/aromatic N) is 5. The van der Waals surface area contributed by atoms with Gasteiger partial charge in [-0.25, -0.2) is 17.8 Å². The van der Waals surface area contributed by atoms with Crippen molar-refractivity contribution < 1.29 is 21.2 Å². The Hall–Kier alpha value is -1.89. The van der Waals surface area contributed by atoms with Crippen LogP contribution in [-0.2, 0) is 26.8 Å². The summed E-state index contributed by atoms with van der Waals surface area (Å²) in [5.41, 5.74) is 0.613. The minimum Gasteiger partial charge on any atom is -0.207 e. The summed E-state index contributed by atoms with van der Waals surface area (Å²) in [7, 11) is -5.45. The highest BCUT2D eigenvalue weighted by Gasteiger charge is 2.40. The first-order valence-electron chi connectivity index (χ1n) is 7.73. The zero-order valence-electron chi connectivity index (χ0n) is 14.1. The summed E-state index contributed by atoms with van der Waals surface area (Å²) in [6, 6.07) is 5.31. The Morgan fingerprint density at radius 2 is 1.77 bits per heavy atom. The lowest BCUT2D eigenvalue weighted by Gasteiger charge is -2.20. The van der Waals surface area contributed by atoms with Gasteiger partial charge in [-0.1, -0.05) is 12.1 Å². The molecule has 2 aromatic rings. The quantitative estimate of drug-likeness (QED) is 0.664. The maximum absolute atomic E-state index is 13.1. The highest BCUT2D eigenvalue weighted by Crippen LogP contribution is 2.32. The van der Waals surface area contributed by atoms with Crippen molar-refractivity contribution >= 4 is 20.2 Å². The van der Waals surface area contributed by atoms with Crippen LogP contribution in [0.4, 0.5) is 4.39 Å². The zero-order chi connectivity index (χ0) is 19.1. The Morgan fingerprint density at radius 3 is 2.31 bits per heavy atom. The van der Waals surface area contributed by atoms with Gasteiger partial charge in [-0.05, 0) is 30.5 Å². The minimum absolute atomic E-state index is 0.0300. The van der Waals surface area contributed by atoms with Crippen molar-refractivity contribution in [2.24, 2.45) is 0 Å². The van der Waals surface area contributed by atoms with Crippen molar-refractivity contribution in [3.63, 3.8) is 0 Å². The van der Waals surface area contributed by atoms with Crippen LogP contribution in [0.5, 0.6) is 0 Å². The van der Waals surface area contributed by atoms with Crippen LogP contribution in [-0.4, -0.2) is 59.8 Å². The predicted octanol–water partition coefficient (Wildman–Crippen LogP) is 0.425. The molecule has 1 aromatic heterocycles. The van der Waals surface area contributed by atoms with Crippen LogP contribution in [0.2, 0.25) is 0 Å². The second-order valence-electron chi connectivity index (χ2n) is 6.10. The molecule has 1 aromatic carbocycles. The van der Waals surface area contributed by atoms with Gasteiger partial charge in [0.25, 0.3) is 15.2 Å². The Morgan fingerprint density at radius 1 is 1.15 bits per heavy atom. The van der Waals surface area contributed by atoms with E-state index >= 15 is 0 Å². The molecule has 0 spiro atoms. The highest BCUT2D eigenvalue weighted by molar-refractivity contribution is 7.89. The summed E-state index contributed by atoms with van der Waals surface area (Å²) in [4.78, 5) is 3.68. The third kappa shape index (κ3) is 3.63. The van der Waals surface area contributed by atoms with E-state index in [1.54, 1.807) is 0 Å². The van der Waals surface area contributed by atoms with Crippen molar-refractivity contribution in [3.05, 3.63) is 42.0 Å². The first-order valence-corrected chi connectivity index (χ1v) is 10.6. The van der Waals surface area contributed by atoms with E-state index in [0.29, 0.717) is 22.5 Å². The first-order chi connectivity index (χ1) is 12.1. The second kappa shape index (κ2) is 6.68. The standard InChI is InChI=1S/C14H18FN5O4S2/c1-18(2)26(23,24)20-10-16-14(17-20)25(21,22)19(13-7-8-13)9-11-3-5-12(15)6-4-11/h3-6,10,13H,7-9H2,1-2H3. The summed E-state index contributed by atoms with van der Waals surface area (Å²) < 4.78 is 65.6. The predicted molar refractivity (Wildman–Crippen MR) is 90.2 cm³/mol. The van der Waals surface area contributed by atoms with Crippen molar-refractivity contribution in [1.82, 2.24) is 22.8 Å². The molecule has 0 bridgehead atoms. The van der Waals surface area contributed by atoms with E-state index in [-0.39, 0.29) is 12.6 Å². The molecule has 0 saturated heterocycles. The van der Waals surface area contributed by atoms with Gasteiger partial charge in [-0.3, -0.25) is 0 Å². The Kier molecular flexibility index (Phi) is 4.86. The van der Waals surface area contributed by atoms with E-state index in [9.17, 15) is 21.2 Å². The highest BCUT2D eigenvalue weighted by atomic mass is 32.2. The van der Waals surface area contributed by atoms with Crippen molar-refractivity contribution in [1.29, 1.82) is 0 Å². The molecule has 0 atom stereocenters. The number of hydrogen-bond donors (Lipinski definition) is 0. The zero-order valence-corrected chi connectivity index (χ0v) is 15.8. The summed E-state index contributed by atoms with van der Waals surface area (Å²) in [6.07, 6.45) is 2.24. The Balaban J connectivity index is 1.92. The Labute approximate surface area is 151 Å². The summed E-state index contributed by atoms with van der Waals surface area (Å²) in [5, 5.41) is 3.06. The lowest BCUT2D eigenvalue weighted by Crippen LogP contribution is -2.34. The van der Waals surface area contributed by atoms with E-state index in [2.05, 4.69) is 10.1 Å². The molecular weight excluding hydrogens is 385 g/mol. The summed E-state index contributed by atoms with van der Waals surface area (Å²) in [6.45, 7) is 0.0300. The van der Waals surface area contributed by atoms with Crippen LogP contribution >= 0.6 is 0 Å². The van der Waals surface area contributed by atoms with E-state index in [4.69, 9.17) is 0 Å². The number of rotatable bonds is 7. The molecule has 0 unspecified atom stereocenters. The monoisotopic (exact) mass is 403 g/mol. The summed E-state index contributed by atoms with van der Waals surface area (Å²) in [5.74, 6) is -0.413. The van der Waals surface area contributed by atoms with Gasteiger partial charge in [-0.2, -0.15) is 17.0 Å². The van der Waals surface area contributed by atoms with Crippen molar-refractivity contribution in [2.75, 3.05) is 14.1 Å². The third-order valence-electron chi connectivity index (χ3n) is 3.89. The molecule has 0 radical (unpaired) electrons. The fraction of sp³-hybridized carbons (Fsp3) is 0.429. The average Bonchev–Trinajstić information content (AvgIpc) is 3.27. The van der Waals surface area contributed by atoms with E-state index in [1.165, 1.54) is 42.7 Å². The van der Waals surface area contributed by atoms with Crippen LogP contribution in [0.1, 0.15) is 18.4 Å². The van der Waals surface area contributed by atoms with E-state index < -0.39 is 31.2 Å². The average molecular weight is 403 g/mol. The molecule has 142 valence electrons. The third-order valence-corrected chi connectivity index (χ3v) is 7.16. The molecule has 1 heterocycles. The molecule has 0 amide bonds. The lowest BCUT2D eigenvalue weighted by atomic mass is 10.2. The second-order valence-corrected chi connectivity index (χ2v) is 9.88. The molecule has 0 N–H and O–H groups in total. The molecule has 9 nitrogen and oxygen atoms in total. The molecule has 1 saturated carbocycles. The van der Waals surface area contributed by atoms with Gasteiger partial charge in [0.2, 0.25) is 0 Å². The molecular formula is C14H18FN5O4S2. The van der Waals surface area contributed by atoms with Crippen LogP contribution in [0, 0.1) is 5.82 Å². The van der Waals surface area contributed by atoms with Gasteiger partial charge in [0.05, 0.1) is 0 Å². The maximum Gasteiger partial charge on any atom is 0.323 e. The number of hydrogen-bond acceptors (Lipinski definition) is 6. The number of sulfonamides is 1. The van der Waals surface area contributed by atoms with E-state index in [0.717, 1.165) is 10.6 Å². The van der Waals surface area contributed by atoms with Gasteiger partial charge < -0.3 is 0 Å². The fourth-order valence-electron chi connectivity index (χ4n) is 2.28.